The van der Waals surface area contributed by atoms with Crippen LogP contribution in [0.2, 0.25) is 0 Å². The van der Waals surface area contributed by atoms with Gasteiger partial charge in [0.25, 0.3) is 10.0 Å². The minimum atomic E-state index is -3.96. The molecule has 0 bridgehead atoms. The van der Waals surface area contributed by atoms with Gasteiger partial charge in [0, 0.05) is 30.2 Å². The minimum Gasteiger partial charge on any atom is -0.378 e. The zero-order valence-electron chi connectivity index (χ0n) is 16.4. The van der Waals surface area contributed by atoms with E-state index in [9.17, 15) is 12.8 Å². The lowest BCUT2D eigenvalue weighted by molar-refractivity contribution is 0.172. The number of benzene rings is 1. The van der Waals surface area contributed by atoms with Gasteiger partial charge in [0.15, 0.2) is 10.8 Å². The second-order valence-electron chi connectivity index (χ2n) is 7.15. The molecule has 0 aliphatic carbocycles. The number of nitrogens with zero attached hydrogens (tertiary/aromatic N) is 3. The van der Waals surface area contributed by atoms with Crippen LogP contribution in [0, 0.1) is 12.7 Å². The van der Waals surface area contributed by atoms with E-state index < -0.39 is 10.0 Å². The first kappa shape index (κ1) is 20.7. The number of rotatable bonds is 8. The number of likely N-dealkylation sites (tertiary alicyclic amines) is 1. The average molecular weight is 448 g/mol. The van der Waals surface area contributed by atoms with Gasteiger partial charge >= 0.3 is 0 Å². The number of hydrogen-bond acceptors (Lipinski definition) is 7. The molecule has 30 heavy (non-hydrogen) atoms. The van der Waals surface area contributed by atoms with Crippen LogP contribution < -0.4 is 10.0 Å². The van der Waals surface area contributed by atoms with E-state index >= 15 is 0 Å². The van der Waals surface area contributed by atoms with Crippen LogP contribution in [0.5, 0.6) is 0 Å². The SMILES string of the molecule is Cc1ccnc(S(=O)(=O)Nc2cscn2)c1NCc1c(F)cccc1CN1CCC1. The topological polar surface area (TPSA) is 87.2 Å². The maximum Gasteiger partial charge on any atom is 0.282 e. The Balaban J connectivity index is 1.60. The van der Waals surface area contributed by atoms with Gasteiger partial charge in [-0.05, 0) is 49.7 Å². The maximum atomic E-state index is 14.6. The average Bonchev–Trinajstić information content (AvgIpc) is 3.17. The maximum absolute atomic E-state index is 14.6. The highest BCUT2D eigenvalue weighted by Gasteiger charge is 2.23. The number of hydrogen-bond donors (Lipinski definition) is 2. The van der Waals surface area contributed by atoms with E-state index in [1.54, 1.807) is 29.9 Å². The number of pyridine rings is 1. The molecule has 4 rings (SSSR count). The van der Waals surface area contributed by atoms with Crippen LogP contribution in [-0.4, -0.2) is 36.4 Å². The molecule has 2 N–H and O–H groups in total. The third kappa shape index (κ3) is 4.45. The third-order valence-corrected chi connectivity index (χ3v) is 6.93. The zero-order chi connectivity index (χ0) is 21.1. The predicted molar refractivity (Wildman–Crippen MR) is 116 cm³/mol. The lowest BCUT2D eigenvalue weighted by Crippen LogP contribution is -2.36. The fourth-order valence-electron chi connectivity index (χ4n) is 3.31. The highest BCUT2D eigenvalue weighted by Crippen LogP contribution is 2.27. The lowest BCUT2D eigenvalue weighted by Gasteiger charge is -2.31. The molecule has 1 fully saturated rings. The van der Waals surface area contributed by atoms with E-state index in [0.717, 1.165) is 25.1 Å². The molecule has 0 saturated carbocycles. The Bertz CT molecular complexity index is 1130. The van der Waals surface area contributed by atoms with Crippen LogP contribution in [0.15, 0.2) is 46.4 Å². The third-order valence-electron chi connectivity index (χ3n) is 5.05. The van der Waals surface area contributed by atoms with Gasteiger partial charge in [-0.25, -0.2) is 14.4 Å². The summed E-state index contributed by atoms with van der Waals surface area (Å²) in [5, 5.41) is 4.57. The monoisotopic (exact) mass is 447 g/mol. The molecule has 1 aromatic carbocycles. The molecule has 0 atom stereocenters. The van der Waals surface area contributed by atoms with Crippen LogP contribution in [-0.2, 0) is 23.1 Å². The Hall–Kier alpha value is -2.56. The van der Waals surface area contributed by atoms with Gasteiger partial charge in [-0.3, -0.25) is 9.62 Å². The number of thiazole rings is 1. The molecule has 0 spiro atoms. The van der Waals surface area contributed by atoms with Gasteiger partial charge in [0.2, 0.25) is 0 Å². The highest BCUT2D eigenvalue weighted by molar-refractivity contribution is 7.92. The molecule has 1 aliphatic heterocycles. The Kier molecular flexibility index (Phi) is 5.98. The number of anilines is 2. The number of aryl methyl sites for hydroxylation is 1. The van der Waals surface area contributed by atoms with Gasteiger partial charge in [-0.15, -0.1) is 11.3 Å². The van der Waals surface area contributed by atoms with E-state index in [2.05, 4.69) is 24.9 Å². The van der Waals surface area contributed by atoms with Crippen molar-refractivity contribution >= 4 is 32.9 Å². The molecule has 1 aliphatic rings. The Morgan fingerprint density at radius 2 is 2.07 bits per heavy atom. The van der Waals surface area contributed by atoms with Crippen molar-refractivity contribution in [3.05, 3.63) is 63.9 Å². The summed E-state index contributed by atoms with van der Waals surface area (Å²) in [4.78, 5) is 10.3. The second kappa shape index (κ2) is 8.66. The smallest absolute Gasteiger partial charge is 0.282 e. The first-order chi connectivity index (χ1) is 14.4. The summed E-state index contributed by atoms with van der Waals surface area (Å²) >= 11 is 1.29. The molecule has 3 heterocycles. The predicted octanol–water partition coefficient (Wildman–Crippen LogP) is 3.60. The summed E-state index contributed by atoms with van der Waals surface area (Å²) in [7, 11) is -3.96. The molecule has 10 heteroatoms. The molecule has 7 nitrogen and oxygen atoms in total. The van der Waals surface area contributed by atoms with Crippen molar-refractivity contribution < 1.29 is 12.8 Å². The summed E-state index contributed by atoms with van der Waals surface area (Å²) in [5.74, 6) is -0.0766. The van der Waals surface area contributed by atoms with Gasteiger partial charge < -0.3 is 5.32 Å². The van der Waals surface area contributed by atoms with Crippen LogP contribution in [0.3, 0.4) is 0 Å². The Morgan fingerprint density at radius 3 is 2.77 bits per heavy atom. The standard InChI is InChI=1S/C20H22FN5O2S2/c1-14-6-7-22-20(30(27,28)25-18-12-29-13-24-18)19(14)23-10-16-15(4-2-5-17(16)21)11-26-8-3-9-26/h2,4-7,12-13,23,25H,3,8-11H2,1H3. The summed E-state index contributed by atoms with van der Waals surface area (Å²) in [6.07, 6.45) is 2.60. The summed E-state index contributed by atoms with van der Waals surface area (Å²) < 4.78 is 42.8. The van der Waals surface area contributed by atoms with Gasteiger partial charge in [0.1, 0.15) is 5.82 Å². The number of halogens is 1. The normalized spacial score (nSPS) is 14.3. The van der Waals surface area contributed by atoms with Crippen molar-refractivity contribution in [2.24, 2.45) is 0 Å². The second-order valence-corrected chi connectivity index (χ2v) is 9.46. The molecular weight excluding hydrogens is 425 g/mol. The molecule has 2 aromatic heterocycles. The lowest BCUT2D eigenvalue weighted by atomic mass is 10.0. The van der Waals surface area contributed by atoms with Crippen LogP contribution >= 0.6 is 11.3 Å². The molecule has 1 saturated heterocycles. The van der Waals surface area contributed by atoms with Crippen molar-refractivity contribution in [1.82, 2.24) is 14.9 Å². The van der Waals surface area contributed by atoms with Gasteiger partial charge in [-0.2, -0.15) is 8.42 Å². The first-order valence-electron chi connectivity index (χ1n) is 9.53. The largest absolute Gasteiger partial charge is 0.378 e. The van der Waals surface area contributed by atoms with Crippen molar-refractivity contribution in [3.8, 4) is 0 Å². The van der Waals surface area contributed by atoms with Crippen molar-refractivity contribution in [1.29, 1.82) is 0 Å². The molecule has 0 unspecified atom stereocenters. The van der Waals surface area contributed by atoms with E-state index in [1.807, 2.05) is 6.07 Å². The van der Waals surface area contributed by atoms with Gasteiger partial charge in [0.05, 0.1) is 11.2 Å². The quantitative estimate of drug-likeness (QED) is 0.549. The minimum absolute atomic E-state index is 0.142. The summed E-state index contributed by atoms with van der Waals surface area (Å²) in [6.45, 7) is 4.64. The zero-order valence-corrected chi connectivity index (χ0v) is 18.1. The highest BCUT2D eigenvalue weighted by atomic mass is 32.2. The number of aromatic nitrogens is 2. The molecular formula is C20H22FN5O2S2. The van der Waals surface area contributed by atoms with Gasteiger partial charge in [-0.1, -0.05) is 12.1 Å². The molecule has 0 amide bonds. The molecule has 158 valence electrons. The van der Waals surface area contributed by atoms with Crippen molar-refractivity contribution in [2.45, 2.75) is 31.5 Å². The summed E-state index contributed by atoms with van der Waals surface area (Å²) in [5.41, 5.74) is 4.01. The van der Waals surface area contributed by atoms with E-state index in [0.29, 0.717) is 23.4 Å². The molecule has 0 radical (unpaired) electrons. The Morgan fingerprint density at radius 1 is 1.23 bits per heavy atom. The first-order valence-corrected chi connectivity index (χ1v) is 12.0. The van der Waals surface area contributed by atoms with E-state index in [1.165, 1.54) is 23.6 Å². The Labute approximate surface area is 179 Å². The van der Waals surface area contributed by atoms with E-state index in [4.69, 9.17) is 0 Å². The number of nitrogens with one attached hydrogen (secondary N) is 2. The van der Waals surface area contributed by atoms with Crippen LogP contribution in [0.25, 0.3) is 0 Å². The fraction of sp³-hybridized carbons (Fsp3) is 0.300. The van der Waals surface area contributed by atoms with Crippen molar-refractivity contribution in [2.75, 3.05) is 23.1 Å². The van der Waals surface area contributed by atoms with Crippen LogP contribution in [0.1, 0.15) is 23.1 Å². The van der Waals surface area contributed by atoms with Crippen LogP contribution in [0.4, 0.5) is 15.9 Å². The summed E-state index contributed by atoms with van der Waals surface area (Å²) in [6, 6.07) is 6.76. The number of sulfonamides is 1. The van der Waals surface area contributed by atoms with E-state index in [-0.39, 0.29) is 23.2 Å². The fourth-order valence-corrected chi connectivity index (χ4v) is 5.05. The van der Waals surface area contributed by atoms with Crippen molar-refractivity contribution in [3.63, 3.8) is 0 Å². The molecule has 3 aromatic rings.